The molecule has 1 fully saturated rings. The molecule has 2 N–H and O–H groups in total. The maximum absolute atomic E-state index is 11.6. The van der Waals surface area contributed by atoms with Crippen LogP contribution in [0.1, 0.15) is 25.3 Å². The van der Waals surface area contributed by atoms with Crippen molar-refractivity contribution in [3.8, 4) is 0 Å². The zero-order chi connectivity index (χ0) is 13.5. The summed E-state index contributed by atoms with van der Waals surface area (Å²) in [5.41, 5.74) is 1.00. The first-order valence-electron chi connectivity index (χ1n) is 6.92. The van der Waals surface area contributed by atoms with E-state index in [1.807, 2.05) is 30.3 Å². The summed E-state index contributed by atoms with van der Waals surface area (Å²) in [6, 6.07) is 10.1. The van der Waals surface area contributed by atoms with E-state index in [9.17, 15) is 4.79 Å². The smallest absolute Gasteiger partial charge is 0.407 e. The molecular formula is C15H22N2O2. The van der Waals surface area contributed by atoms with Gasteiger partial charge in [0.05, 0.1) is 0 Å². The third-order valence-electron chi connectivity index (χ3n) is 3.47. The molecule has 1 heterocycles. The van der Waals surface area contributed by atoms with Gasteiger partial charge in [-0.2, -0.15) is 0 Å². The molecule has 2 atom stereocenters. The van der Waals surface area contributed by atoms with Crippen LogP contribution in [-0.2, 0) is 11.3 Å². The number of amides is 1. The van der Waals surface area contributed by atoms with Crippen molar-refractivity contribution in [1.82, 2.24) is 10.6 Å². The summed E-state index contributed by atoms with van der Waals surface area (Å²) in [5.74, 6) is 0.737. The first-order chi connectivity index (χ1) is 9.24. The lowest BCUT2D eigenvalue weighted by Gasteiger charge is -2.27. The van der Waals surface area contributed by atoms with E-state index in [1.165, 1.54) is 6.42 Å². The first kappa shape index (κ1) is 13.9. The average Bonchev–Trinajstić information content (AvgIpc) is 2.45. The van der Waals surface area contributed by atoms with Crippen LogP contribution < -0.4 is 10.6 Å². The topological polar surface area (TPSA) is 50.4 Å². The van der Waals surface area contributed by atoms with Crippen LogP contribution in [0.25, 0.3) is 0 Å². The number of carbonyl (C=O) groups is 1. The molecule has 1 saturated heterocycles. The highest BCUT2D eigenvalue weighted by atomic mass is 16.5. The van der Waals surface area contributed by atoms with Crippen molar-refractivity contribution < 1.29 is 9.53 Å². The van der Waals surface area contributed by atoms with E-state index in [4.69, 9.17) is 4.74 Å². The fourth-order valence-electron chi connectivity index (χ4n) is 2.21. The molecule has 4 nitrogen and oxygen atoms in total. The van der Waals surface area contributed by atoms with Gasteiger partial charge in [0.15, 0.2) is 0 Å². The molecule has 0 bridgehead atoms. The van der Waals surface area contributed by atoms with E-state index in [-0.39, 0.29) is 6.09 Å². The zero-order valence-corrected chi connectivity index (χ0v) is 11.4. The summed E-state index contributed by atoms with van der Waals surface area (Å²) in [7, 11) is 0. The van der Waals surface area contributed by atoms with Gasteiger partial charge in [0.2, 0.25) is 0 Å². The molecule has 19 heavy (non-hydrogen) atoms. The molecule has 0 aromatic heterocycles. The highest BCUT2D eigenvalue weighted by Crippen LogP contribution is 2.12. The molecule has 4 heteroatoms. The van der Waals surface area contributed by atoms with Gasteiger partial charge in [-0.3, -0.25) is 0 Å². The van der Waals surface area contributed by atoms with Gasteiger partial charge in [0.25, 0.3) is 0 Å². The Kier molecular flexibility index (Phi) is 5.21. The summed E-state index contributed by atoms with van der Waals surface area (Å²) in [4.78, 5) is 11.6. The molecule has 1 amide bonds. The Morgan fingerprint density at radius 2 is 2.16 bits per heavy atom. The third kappa shape index (κ3) is 4.91. The average molecular weight is 262 g/mol. The number of alkyl carbamates (subject to hydrolysis) is 1. The van der Waals surface area contributed by atoms with E-state index in [1.54, 1.807) is 0 Å². The highest BCUT2D eigenvalue weighted by Gasteiger charge is 2.17. The largest absolute Gasteiger partial charge is 0.445 e. The number of benzene rings is 1. The van der Waals surface area contributed by atoms with E-state index >= 15 is 0 Å². The Labute approximate surface area is 114 Å². The van der Waals surface area contributed by atoms with Crippen LogP contribution in [0.3, 0.4) is 0 Å². The van der Waals surface area contributed by atoms with Crippen LogP contribution in [0, 0.1) is 5.92 Å². The fraction of sp³-hybridized carbons (Fsp3) is 0.533. The molecule has 1 aromatic carbocycles. The summed E-state index contributed by atoms with van der Waals surface area (Å²) < 4.78 is 5.16. The molecule has 1 aromatic rings. The van der Waals surface area contributed by atoms with Gasteiger partial charge in [0, 0.05) is 12.6 Å². The van der Waals surface area contributed by atoms with E-state index in [0.717, 1.165) is 24.4 Å². The molecule has 1 aliphatic rings. The molecule has 0 aliphatic carbocycles. The molecule has 2 rings (SSSR count). The van der Waals surface area contributed by atoms with E-state index in [2.05, 4.69) is 17.6 Å². The molecule has 104 valence electrons. The Balaban J connectivity index is 1.62. The summed E-state index contributed by atoms with van der Waals surface area (Å²) in [6.45, 7) is 4.23. The fourth-order valence-corrected chi connectivity index (χ4v) is 2.21. The number of rotatable bonds is 4. The van der Waals surface area contributed by atoms with Gasteiger partial charge in [-0.25, -0.2) is 4.79 Å². The maximum Gasteiger partial charge on any atom is 0.407 e. The second-order valence-corrected chi connectivity index (χ2v) is 5.23. The predicted molar refractivity (Wildman–Crippen MR) is 74.8 cm³/mol. The lowest BCUT2D eigenvalue weighted by Crippen LogP contribution is -2.45. The first-order valence-corrected chi connectivity index (χ1v) is 6.92. The Bertz CT molecular complexity index is 386. The van der Waals surface area contributed by atoms with Crippen LogP contribution in [-0.4, -0.2) is 25.2 Å². The van der Waals surface area contributed by atoms with Crippen LogP contribution in [0.2, 0.25) is 0 Å². The molecule has 1 aliphatic heterocycles. The standard InChI is InChI=1S/C15H22N2O2/c1-12-7-8-14(16-9-12)10-17-15(18)19-11-13-5-3-2-4-6-13/h2-6,12,14,16H,7-11H2,1H3,(H,17,18)/t12-,14+/m0/s1. The van der Waals surface area contributed by atoms with Gasteiger partial charge in [0.1, 0.15) is 6.61 Å². The maximum atomic E-state index is 11.6. The van der Waals surface area contributed by atoms with E-state index < -0.39 is 0 Å². The Hall–Kier alpha value is -1.55. The summed E-state index contributed by atoms with van der Waals surface area (Å²) in [6.07, 6.45) is 1.99. The summed E-state index contributed by atoms with van der Waals surface area (Å²) in [5, 5.41) is 6.24. The van der Waals surface area contributed by atoms with Crippen molar-refractivity contribution in [2.24, 2.45) is 5.92 Å². The van der Waals surface area contributed by atoms with Crippen molar-refractivity contribution in [2.45, 2.75) is 32.4 Å². The lowest BCUT2D eigenvalue weighted by molar-refractivity contribution is 0.137. The predicted octanol–water partition coefficient (Wildman–Crippen LogP) is 2.30. The minimum absolute atomic E-state index is 0.321. The van der Waals surface area contributed by atoms with Gasteiger partial charge in [-0.15, -0.1) is 0 Å². The number of ether oxygens (including phenoxy) is 1. The molecule has 0 unspecified atom stereocenters. The zero-order valence-electron chi connectivity index (χ0n) is 11.4. The summed E-state index contributed by atoms with van der Waals surface area (Å²) >= 11 is 0. The number of piperidine rings is 1. The lowest BCUT2D eigenvalue weighted by atomic mass is 9.96. The number of nitrogens with one attached hydrogen (secondary N) is 2. The highest BCUT2D eigenvalue weighted by molar-refractivity contribution is 5.67. The van der Waals surface area contributed by atoms with Crippen LogP contribution in [0.4, 0.5) is 4.79 Å². The van der Waals surface area contributed by atoms with Gasteiger partial charge in [-0.05, 0) is 30.9 Å². The van der Waals surface area contributed by atoms with Crippen molar-refractivity contribution in [3.05, 3.63) is 35.9 Å². The Morgan fingerprint density at radius 3 is 2.84 bits per heavy atom. The normalized spacial score (nSPS) is 22.8. The van der Waals surface area contributed by atoms with Crippen molar-refractivity contribution >= 4 is 6.09 Å². The molecule has 0 spiro atoms. The second-order valence-electron chi connectivity index (χ2n) is 5.23. The SMILES string of the molecule is C[C@H]1CC[C@H](CNC(=O)OCc2ccccc2)NC1. The number of hydrogen-bond donors (Lipinski definition) is 2. The number of carbonyl (C=O) groups excluding carboxylic acids is 1. The molecule has 0 saturated carbocycles. The van der Waals surface area contributed by atoms with Crippen LogP contribution in [0.15, 0.2) is 30.3 Å². The quantitative estimate of drug-likeness (QED) is 0.875. The minimum atomic E-state index is -0.343. The van der Waals surface area contributed by atoms with Crippen molar-refractivity contribution in [3.63, 3.8) is 0 Å². The number of hydrogen-bond acceptors (Lipinski definition) is 3. The van der Waals surface area contributed by atoms with Gasteiger partial charge in [-0.1, -0.05) is 37.3 Å². The van der Waals surface area contributed by atoms with Crippen LogP contribution in [0.5, 0.6) is 0 Å². The third-order valence-corrected chi connectivity index (χ3v) is 3.47. The minimum Gasteiger partial charge on any atom is -0.445 e. The van der Waals surface area contributed by atoms with Crippen LogP contribution >= 0.6 is 0 Å². The van der Waals surface area contributed by atoms with Crippen molar-refractivity contribution in [2.75, 3.05) is 13.1 Å². The second kappa shape index (κ2) is 7.14. The van der Waals surface area contributed by atoms with E-state index in [0.29, 0.717) is 19.2 Å². The van der Waals surface area contributed by atoms with Crippen molar-refractivity contribution in [1.29, 1.82) is 0 Å². The molecular weight excluding hydrogens is 240 g/mol. The van der Waals surface area contributed by atoms with Gasteiger partial charge < -0.3 is 15.4 Å². The molecule has 0 radical (unpaired) electrons. The Morgan fingerprint density at radius 1 is 1.37 bits per heavy atom. The van der Waals surface area contributed by atoms with Gasteiger partial charge >= 0.3 is 6.09 Å². The monoisotopic (exact) mass is 262 g/mol.